The standard InChI is InChI=1S/C27H27N3O4.C2H6/c31-24(27(32)34-26(20-7-3-1-4-8-20)21-9-5-2-6-10-21)18-33-23-11-12-25-29-22(16-30(25)17-23)13-19-14-28-15-19;1-2/h1-12,16-17,19,24,26,28,31H,13-15,18H2;1-2H3. The van der Waals surface area contributed by atoms with Crippen molar-refractivity contribution in [3.05, 3.63) is 102 Å². The first-order valence-electron chi connectivity index (χ1n) is 12.5. The van der Waals surface area contributed by atoms with Gasteiger partial charge in [0, 0.05) is 6.20 Å². The van der Waals surface area contributed by atoms with Gasteiger partial charge in [-0.05, 0) is 48.7 Å². The zero-order chi connectivity index (χ0) is 25.3. The Morgan fingerprint density at radius 2 is 1.64 bits per heavy atom. The number of aromatic nitrogens is 2. The molecular weight excluding hydrogens is 454 g/mol. The molecule has 2 aromatic carbocycles. The number of nitrogens with zero attached hydrogens (tertiary/aromatic N) is 2. The monoisotopic (exact) mass is 487 g/mol. The van der Waals surface area contributed by atoms with Crippen LogP contribution in [-0.2, 0) is 16.0 Å². The first-order chi connectivity index (χ1) is 17.7. The Bertz CT molecular complexity index is 1200. The lowest BCUT2D eigenvalue weighted by atomic mass is 9.98. The number of hydrogen-bond acceptors (Lipinski definition) is 6. The molecule has 1 fully saturated rings. The van der Waals surface area contributed by atoms with E-state index < -0.39 is 18.2 Å². The van der Waals surface area contributed by atoms with E-state index in [4.69, 9.17) is 9.47 Å². The molecule has 1 atom stereocenters. The van der Waals surface area contributed by atoms with Gasteiger partial charge in [0.15, 0.2) is 12.2 Å². The molecule has 0 saturated carbocycles. The molecule has 7 heteroatoms. The van der Waals surface area contributed by atoms with Crippen LogP contribution in [0.1, 0.15) is 36.8 Å². The highest BCUT2D eigenvalue weighted by Crippen LogP contribution is 2.26. The van der Waals surface area contributed by atoms with Crippen LogP contribution in [0.4, 0.5) is 0 Å². The van der Waals surface area contributed by atoms with Gasteiger partial charge in [-0.15, -0.1) is 0 Å². The molecule has 5 rings (SSSR count). The average molecular weight is 488 g/mol. The number of benzene rings is 2. The van der Waals surface area contributed by atoms with Crippen LogP contribution in [0, 0.1) is 5.92 Å². The summed E-state index contributed by atoms with van der Waals surface area (Å²) in [5.74, 6) is 0.437. The van der Waals surface area contributed by atoms with Crippen molar-refractivity contribution >= 4 is 11.6 Å². The molecule has 0 spiro atoms. The van der Waals surface area contributed by atoms with Crippen molar-refractivity contribution in [1.82, 2.24) is 14.7 Å². The maximum Gasteiger partial charge on any atom is 0.339 e. The highest BCUT2D eigenvalue weighted by atomic mass is 16.6. The lowest BCUT2D eigenvalue weighted by Crippen LogP contribution is -2.43. The second-order valence-electron chi connectivity index (χ2n) is 8.56. The van der Waals surface area contributed by atoms with Crippen molar-refractivity contribution in [1.29, 1.82) is 0 Å². The molecule has 7 nitrogen and oxygen atoms in total. The molecule has 0 amide bonds. The van der Waals surface area contributed by atoms with E-state index >= 15 is 0 Å². The van der Waals surface area contributed by atoms with E-state index in [0.29, 0.717) is 11.7 Å². The zero-order valence-electron chi connectivity index (χ0n) is 20.7. The molecule has 1 aliphatic heterocycles. The predicted molar refractivity (Wildman–Crippen MR) is 139 cm³/mol. The third-order valence-corrected chi connectivity index (χ3v) is 5.96. The van der Waals surface area contributed by atoms with Crippen LogP contribution in [0.15, 0.2) is 85.2 Å². The van der Waals surface area contributed by atoms with E-state index in [1.807, 2.05) is 91.2 Å². The number of pyridine rings is 1. The number of esters is 1. The summed E-state index contributed by atoms with van der Waals surface area (Å²) < 4.78 is 13.3. The molecule has 36 heavy (non-hydrogen) atoms. The molecule has 1 unspecified atom stereocenters. The summed E-state index contributed by atoms with van der Waals surface area (Å²) in [5, 5.41) is 13.7. The summed E-state index contributed by atoms with van der Waals surface area (Å²) in [5.41, 5.74) is 3.53. The van der Waals surface area contributed by atoms with Gasteiger partial charge < -0.3 is 24.3 Å². The van der Waals surface area contributed by atoms with Gasteiger partial charge in [-0.3, -0.25) is 0 Å². The number of hydrogen-bond donors (Lipinski definition) is 2. The van der Waals surface area contributed by atoms with Crippen molar-refractivity contribution in [3.63, 3.8) is 0 Å². The lowest BCUT2D eigenvalue weighted by Gasteiger charge is -2.25. The largest absolute Gasteiger partial charge is 0.489 e. The van der Waals surface area contributed by atoms with E-state index in [9.17, 15) is 9.90 Å². The molecule has 2 N–H and O–H groups in total. The summed E-state index contributed by atoms with van der Waals surface area (Å²) in [7, 11) is 0. The number of nitrogens with one attached hydrogen (secondary N) is 1. The number of carbonyl (C=O) groups is 1. The minimum absolute atomic E-state index is 0.212. The quantitative estimate of drug-likeness (QED) is 0.344. The topological polar surface area (TPSA) is 85.1 Å². The van der Waals surface area contributed by atoms with E-state index in [1.54, 1.807) is 12.3 Å². The maximum absolute atomic E-state index is 12.7. The van der Waals surface area contributed by atoms with Crippen LogP contribution in [0.2, 0.25) is 0 Å². The fraction of sp³-hybridized carbons (Fsp3) is 0.310. The average Bonchev–Trinajstić information content (AvgIpc) is 3.32. The van der Waals surface area contributed by atoms with Crippen molar-refractivity contribution < 1.29 is 19.4 Å². The van der Waals surface area contributed by atoms with Gasteiger partial charge in [-0.1, -0.05) is 74.5 Å². The highest BCUT2D eigenvalue weighted by molar-refractivity contribution is 5.75. The fourth-order valence-electron chi connectivity index (χ4n) is 4.02. The molecule has 0 bridgehead atoms. The maximum atomic E-state index is 12.7. The van der Waals surface area contributed by atoms with Gasteiger partial charge >= 0.3 is 5.97 Å². The smallest absolute Gasteiger partial charge is 0.339 e. The van der Waals surface area contributed by atoms with E-state index in [2.05, 4.69) is 10.3 Å². The van der Waals surface area contributed by atoms with Gasteiger partial charge in [0.1, 0.15) is 18.0 Å². The number of rotatable bonds is 9. The number of aliphatic hydroxyl groups is 1. The first kappa shape index (κ1) is 25.4. The molecule has 3 heterocycles. The Kier molecular flexibility index (Phi) is 8.71. The Labute approximate surface area is 211 Å². The molecule has 0 aliphatic carbocycles. The summed E-state index contributed by atoms with van der Waals surface area (Å²) in [6.07, 6.45) is 2.71. The minimum atomic E-state index is -1.42. The highest BCUT2D eigenvalue weighted by Gasteiger charge is 2.25. The normalized spacial score (nSPS) is 14.0. The number of carbonyl (C=O) groups excluding carboxylic acids is 1. The second-order valence-corrected chi connectivity index (χ2v) is 8.56. The summed E-state index contributed by atoms with van der Waals surface area (Å²) in [4.78, 5) is 17.3. The van der Waals surface area contributed by atoms with Crippen molar-refractivity contribution in [3.8, 4) is 5.75 Å². The van der Waals surface area contributed by atoms with Crippen LogP contribution in [-0.4, -0.2) is 46.3 Å². The summed E-state index contributed by atoms with van der Waals surface area (Å²) in [6, 6.07) is 22.6. The zero-order valence-corrected chi connectivity index (χ0v) is 20.7. The number of ether oxygens (including phenoxy) is 2. The third kappa shape index (κ3) is 6.30. The van der Waals surface area contributed by atoms with Crippen molar-refractivity contribution in [2.24, 2.45) is 5.92 Å². The van der Waals surface area contributed by atoms with E-state index in [-0.39, 0.29) is 6.61 Å². The summed E-state index contributed by atoms with van der Waals surface area (Å²) in [6.45, 7) is 5.85. The SMILES string of the molecule is CC.O=C(OC(c1ccccc1)c1ccccc1)C(O)COc1ccc2nc(CC3CNC3)cn2c1. The van der Waals surface area contributed by atoms with Crippen LogP contribution >= 0.6 is 0 Å². The number of fused-ring (bicyclic) bond motifs is 1. The van der Waals surface area contributed by atoms with Crippen LogP contribution in [0.5, 0.6) is 5.75 Å². The molecule has 188 valence electrons. The van der Waals surface area contributed by atoms with Gasteiger partial charge in [0.25, 0.3) is 0 Å². The Hall–Kier alpha value is -3.68. The van der Waals surface area contributed by atoms with E-state index in [1.165, 1.54) is 0 Å². The van der Waals surface area contributed by atoms with Crippen LogP contribution in [0.3, 0.4) is 0 Å². The molecule has 0 radical (unpaired) electrons. The fourth-order valence-corrected chi connectivity index (χ4v) is 4.02. The predicted octanol–water partition coefficient (Wildman–Crippen LogP) is 4.19. The Morgan fingerprint density at radius 1 is 1.00 bits per heavy atom. The number of aliphatic hydroxyl groups excluding tert-OH is 1. The second kappa shape index (κ2) is 12.3. The third-order valence-electron chi connectivity index (χ3n) is 5.96. The Morgan fingerprint density at radius 3 is 2.22 bits per heavy atom. The van der Waals surface area contributed by atoms with Crippen molar-refractivity contribution in [2.75, 3.05) is 19.7 Å². The van der Waals surface area contributed by atoms with E-state index in [0.717, 1.165) is 42.0 Å². The first-order valence-corrected chi connectivity index (χ1v) is 12.5. The van der Waals surface area contributed by atoms with Crippen molar-refractivity contribution in [2.45, 2.75) is 32.5 Å². The molecule has 4 aromatic rings. The molecule has 1 saturated heterocycles. The van der Waals surface area contributed by atoms with Gasteiger partial charge in [0.2, 0.25) is 0 Å². The molecular formula is C29H33N3O4. The van der Waals surface area contributed by atoms with Gasteiger partial charge in [-0.25, -0.2) is 9.78 Å². The minimum Gasteiger partial charge on any atom is -0.489 e. The molecule has 2 aromatic heterocycles. The Balaban J connectivity index is 0.00000148. The molecule has 1 aliphatic rings. The van der Waals surface area contributed by atoms with Crippen LogP contribution in [0.25, 0.3) is 5.65 Å². The lowest BCUT2D eigenvalue weighted by molar-refractivity contribution is -0.159. The van der Waals surface area contributed by atoms with Crippen LogP contribution < -0.4 is 10.1 Å². The number of imidazole rings is 1. The summed E-state index contributed by atoms with van der Waals surface area (Å²) >= 11 is 0. The van der Waals surface area contributed by atoms with Gasteiger partial charge in [0.05, 0.1) is 11.9 Å². The van der Waals surface area contributed by atoms with Gasteiger partial charge in [-0.2, -0.15) is 0 Å².